The summed E-state index contributed by atoms with van der Waals surface area (Å²) in [7, 11) is 1.33. The molecule has 0 atom stereocenters. The van der Waals surface area contributed by atoms with Crippen molar-refractivity contribution in [3.8, 4) is 11.5 Å². The van der Waals surface area contributed by atoms with Crippen LogP contribution in [0.4, 0.5) is 11.4 Å². The maximum absolute atomic E-state index is 12.1. The molecule has 1 amide bonds. The second-order valence-corrected chi connectivity index (χ2v) is 5.67. The molecule has 0 aliphatic heterocycles. The van der Waals surface area contributed by atoms with Crippen molar-refractivity contribution in [2.24, 2.45) is 0 Å². The lowest BCUT2D eigenvalue weighted by Crippen LogP contribution is -2.21. The van der Waals surface area contributed by atoms with Gasteiger partial charge in [0, 0.05) is 17.8 Å². The number of nitro groups is 1. The molecule has 132 valence electrons. The minimum absolute atomic E-state index is 0.0769. The zero-order valence-electron chi connectivity index (χ0n) is 14.3. The molecule has 25 heavy (non-hydrogen) atoms. The predicted molar refractivity (Wildman–Crippen MR) is 94.3 cm³/mol. The summed E-state index contributed by atoms with van der Waals surface area (Å²) in [5.74, 6) is 0.351. The lowest BCUT2D eigenvalue weighted by Gasteiger charge is -2.14. The summed E-state index contributed by atoms with van der Waals surface area (Å²) in [5, 5.41) is 13.7. The highest BCUT2D eigenvalue weighted by atomic mass is 16.6. The molecule has 0 bridgehead atoms. The Bertz CT molecular complexity index is 774. The highest BCUT2D eigenvalue weighted by Gasteiger charge is 2.16. The normalized spacial score (nSPS) is 10.4. The van der Waals surface area contributed by atoms with Gasteiger partial charge >= 0.3 is 5.69 Å². The van der Waals surface area contributed by atoms with E-state index in [9.17, 15) is 14.9 Å². The quantitative estimate of drug-likeness (QED) is 0.610. The van der Waals surface area contributed by atoms with Gasteiger partial charge in [0.1, 0.15) is 5.75 Å². The van der Waals surface area contributed by atoms with Crippen molar-refractivity contribution in [1.29, 1.82) is 0 Å². The summed E-state index contributed by atoms with van der Waals surface area (Å²) in [6, 6.07) is 11.7. The average molecular weight is 344 g/mol. The molecule has 2 rings (SSSR count). The Morgan fingerprint density at radius 1 is 1.24 bits per heavy atom. The highest BCUT2D eigenvalue weighted by Crippen LogP contribution is 2.30. The first-order valence-corrected chi connectivity index (χ1v) is 7.76. The number of anilines is 1. The summed E-state index contributed by atoms with van der Waals surface area (Å²) in [4.78, 5) is 22.4. The first-order valence-electron chi connectivity index (χ1n) is 7.76. The SMILES string of the molecule is COc1cc(OCC(=O)Nc2ccccc2C(C)C)ccc1[N+](=O)[O-]. The number of ether oxygens (including phenoxy) is 2. The standard InChI is InChI=1S/C18H20N2O5/c1-12(2)14-6-4-5-7-15(14)19-18(21)11-25-13-8-9-16(20(22)23)17(10-13)24-3/h4-10,12H,11H2,1-3H3,(H,19,21). The number of amides is 1. The molecule has 2 aromatic carbocycles. The zero-order chi connectivity index (χ0) is 18.4. The molecule has 0 spiro atoms. The number of hydrogen-bond acceptors (Lipinski definition) is 5. The van der Waals surface area contributed by atoms with Crippen molar-refractivity contribution in [2.45, 2.75) is 19.8 Å². The van der Waals surface area contributed by atoms with Crippen LogP contribution in [-0.4, -0.2) is 24.5 Å². The van der Waals surface area contributed by atoms with Gasteiger partial charge in [0.05, 0.1) is 12.0 Å². The van der Waals surface area contributed by atoms with Crippen molar-refractivity contribution >= 4 is 17.3 Å². The van der Waals surface area contributed by atoms with Crippen LogP contribution in [0, 0.1) is 10.1 Å². The van der Waals surface area contributed by atoms with Gasteiger partial charge in [-0.15, -0.1) is 0 Å². The first-order chi connectivity index (χ1) is 11.9. The minimum atomic E-state index is -0.543. The smallest absolute Gasteiger partial charge is 0.311 e. The molecule has 0 unspecified atom stereocenters. The number of methoxy groups -OCH3 is 1. The van der Waals surface area contributed by atoms with Crippen LogP contribution in [-0.2, 0) is 4.79 Å². The number of nitro benzene ring substituents is 1. The third kappa shape index (κ3) is 4.69. The Hall–Kier alpha value is -3.09. The van der Waals surface area contributed by atoms with Crippen LogP contribution in [0.25, 0.3) is 0 Å². The Morgan fingerprint density at radius 2 is 1.96 bits per heavy atom. The minimum Gasteiger partial charge on any atom is -0.490 e. The Kier molecular flexibility index (Phi) is 5.94. The van der Waals surface area contributed by atoms with Gasteiger partial charge in [-0.1, -0.05) is 32.0 Å². The molecule has 0 saturated carbocycles. The average Bonchev–Trinajstić information content (AvgIpc) is 2.59. The second-order valence-electron chi connectivity index (χ2n) is 5.67. The number of benzene rings is 2. The van der Waals surface area contributed by atoms with Crippen LogP contribution in [0.5, 0.6) is 11.5 Å². The number of nitrogens with one attached hydrogen (secondary N) is 1. The molecule has 0 radical (unpaired) electrons. The molecule has 0 fully saturated rings. The van der Waals surface area contributed by atoms with E-state index in [1.807, 2.05) is 38.1 Å². The monoisotopic (exact) mass is 344 g/mol. The molecule has 7 nitrogen and oxygen atoms in total. The number of rotatable bonds is 7. The molecule has 7 heteroatoms. The fourth-order valence-electron chi connectivity index (χ4n) is 2.35. The summed E-state index contributed by atoms with van der Waals surface area (Å²) >= 11 is 0. The lowest BCUT2D eigenvalue weighted by atomic mass is 10.0. The van der Waals surface area contributed by atoms with Crippen molar-refractivity contribution < 1.29 is 19.2 Å². The van der Waals surface area contributed by atoms with E-state index in [-0.39, 0.29) is 29.9 Å². The van der Waals surface area contributed by atoms with Crippen LogP contribution in [0.3, 0.4) is 0 Å². The first kappa shape index (κ1) is 18.3. The Balaban J connectivity index is 2.02. The second kappa shape index (κ2) is 8.14. The van der Waals surface area contributed by atoms with Crippen LogP contribution >= 0.6 is 0 Å². The van der Waals surface area contributed by atoms with Gasteiger partial charge in [0.25, 0.3) is 5.91 Å². The van der Waals surface area contributed by atoms with Crippen molar-refractivity contribution in [3.63, 3.8) is 0 Å². The molecule has 1 N–H and O–H groups in total. The molecule has 0 aliphatic carbocycles. The number of hydrogen-bond donors (Lipinski definition) is 1. The van der Waals surface area contributed by atoms with Gasteiger partial charge in [-0.05, 0) is 23.6 Å². The Labute approximate surface area is 145 Å². The number of para-hydroxylation sites is 1. The van der Waals surface area contributed by atoms with Crippen molar-refractivity contribution in [2.75, 3.05) is 19.0 Å². The number of nitrogens with zero attached hydrogens (tertiary/aromatic N) is 1. The summed E-state index contributed by atoms with van der Waals surface area (Å²) in [6.07, 6.45) is 0. The molecule has 2 aromatic rings. The maximum atomic E-state index is 12.1. The van der Waals surface area contributed by atoms with Crippen LogP contribution in [0.1, 0.15) is 25.3 Å². The summed E-state index contributed by atoms with van der Waals surface area (Å²) < 4.78 is 10.4. The van der Waals surface area contributed by atoms with Crippen LogP contribution in [0.2, 0.25) is 0 Å². The van der Waals surface area contributed by atoms with Gasteiger partial charge in [-0.25, -0.2) is 0 Å². The van der Waals surface area contributed by atoms with E-state index in [1.54, 1.807) is 0 Å². The third-order valence-corrected chi connectivity index (χ3v) is 3.57. The third-order valence-electron chi connectivity index (χ3n) is 3.57. The van der Waals surface area contributed by atoms with Crippen LogP contribution in [0.15, 0.2) is 42.5 Å². The van der Waals surface area contributed by atoms with E-state index in [0.29, 0.717) is 5.75 Å². The zero-order valence-corrected chi connectivity index (χ0v) is 14.3. The Morgan fingerprint density at radius 3 is 2.60 bits per heavy atom. The number of carbonyl (C=O) groups is 1. The van der Waals surface area contributed by atoms with Gasteiger partial charge < -0.3 is 14.8 Å². The predicted octanol–water partition coefficient (Wildman–Crippen LogP) is 3.74. The van der Waals surface area contributed by atoms with Crippen molar-refractivity contribution in [3.05, 3.63) is 58.1 Å². The largest absolute Gasteiger partial charge is 0.490 e. The highest BCUT2D eigenvalue weighted by molar-refractivity contribution is 5.92. The van der Waals surface area contributed by atoms with E-state index in [4.69, 9.17) is 9.47 Å². The van der Waals surface area contributed by atoms with Crippen LogP contribution < -0.4 is 14.8 Å². The molecular weight excluding hydrogens is 324 g/mol. The molecule has 0 heterocycles. The van der Waals surface area contributed by atoms with E-state index in [1.165, 1.54) is 25.3 Å². The van der Waals surface area contributed by atoms with Gasteiger partial charge in [0.15, 0.2) is 6.61 Å². The summed E-state index contributed by atoms with van der Waals surface area (Å²) in [5.41, 5.74) is 1.62. The van der Waals surface area contributed by atoms with Gasteiger partial charge in [-0.3, -0.25) is 14.9 Å². The maximum Gasteiger partial charge on any atom is 0.311 e. The molecule has 0 saturated heterocycles. The molecular formula is C18H20N2O5. The van der Waals surface area contributed by atoms with E-state index in [2.05, 4.69) is 5.32 Å². The summed E-state index contributed by atoms with van der Waals surface area (Å²) in [6.45, 7) is 3.88. The fraction of sp³-hybridized carbons (Fsp3) is 0.278. The van der Waals surface area contributed by atoms with E-state index in [0.717, 1.165) is 11.3 Å². The van der Waals surface area contributed by atoms with E-state index < -0.39 is 4.92 Å². The molecule has 0 aliphatic rings. The van der Waals surface area contributed by atoms with Gasteiger partial charge in [0.2, 0.25) is 5.75 Å². The fourth-order valence-corrected chi connectivity index (χ4v) is 2.35. The lowest BCUT2D eigenvalue weighted by molar-refractivity contribution is -0.385. The van der Waals surface area contributed by atoms with Gasteiger partial charge in [-0.2, -0.15) is 0 Å². The van der Waals surface area contributed by atoms with Crippen molar-refractivity contribution in [1.82, 2.24) is 0 Å². The molecule has 0 aromatic heterocycles. The topological polar surface area (TPSA) is 90.7 Å². The number of carbonyl (C=O) groups excluding carboxylic acids is 1. The van der Waals surface area contributed by atoms with E-state index >= 15 is 0 Å².